The molecule has 0 spiro atoms. The zero-order valence-electron chi connectivity index (χ0n) is 11.2. The van der Waals surface area contributed by atoms with Gasteiger partial charge in [-0.05, 0) is 23.8 Å². The number of carbonyl (C=O) groups is 2. The Morgan fingerprint density at radius 2 is 2.19 bits per heavy atom. The zero-order valence-corrected chi connectivity index (χ0v) is 11.2. The molecule has 1 aliphatic heterocycles. The Morgan fingerprint density at radius 1 is 1.38 bits per heavy atom. The van der Waals surface area contributed by atoms with E-state index in [1.165, 1.54) is 24.3 Å². The summed E-state index contributed by atoms with van der Waals surface area (Å²) < 4.78 is 5.07. The molecule has 0 fully saturated rings. The third-order valence-corrected chi connectivity index (χ3v) is 3.43. The first-order valence-corrected chi connectivity index (χ1v) is 6.29. The van der Waals surface area contributed by atoms with Gasteiger partial charge in [0.1, 0.15) is 0 Å². The first-order chi connectivity index (χ1) is 10.1. The third-order valence-electron chi connectivity index (χ3n) is 3.43. The van der Waals surface area contributed by atoms with Crippen molar-refractivity contribution in [3.05, 3.63) is 65.6 Å². The molecule has 1 unspecified atom stereocenters. The van der Waals surface area contributed by atoms with Crippen LogP contribution in [0.3, 0.4) is 0 Å². The van der Waals surface area contributed by atoms with Gasteiger partial charge in [0.25, 0.3) is 5.91 Å². The quantitative estimate of drug-likeness (QED) is 0.870. The van der Waals surface area contributed by atoms with Crippen molar-refractivity contribution in [2.45, 2.75) is 6.04 Å². The summed E-state index contributed by atoms with van der Waals surface area (Å²) in [5.41, 5.74) is 0.651. The molecule has 21 heavy (non-hydrogen) atoms. The topological polar surface area (TPSA) is 83.6 Å². The van der Waals surface area contributed by atoms with Crippen LogP contribution in [0.25, 0.3) is 0 Å². The number of nitrogens with zero attached hydrogens (tertiary/aromatic N) is 2. The molecule has 6 nitrogen and oxygen atoms in total. The molecule has 3 rings (SSSR count). The fourth-order valence-electron chi connectivity index (χ4n) is 2.42. The molecule has 0 aromatic carbocycles. The van der Waals surface area contributed by atoms with Crippen LogP contribution >= 0.6 is 0 Å². The lowest BCUT2D eigenvalue weighted by atomic mass is 9.96. The number of aromatic nitrogens is 1. The summed E-state index contributed by atoms with van der Waals surface area (Å²) in [5.74, 6) is -1.58. The predicted octanol–water partition coefficient (Wildman–Crippen LogP) is 1.88. The smallest absolute Gasteiger partial charge is 0.289 e. The Morgan fingerprint density at radius 3 is 2.81 bits per heavy atom. The number of ketones is 1. The van der Waals surface area contributed by atoms with Crippen LogP contribution in [-0.2, 0) is 4.79 Å². The number of rotatable bonds is 3. The Balaban J connectivity index is 2.10. The second-order valence-corrected chi connectivity index (χ2v) is 4.67. The van der Waals surface area contributed by atoms with Gasteiger partial charge in [-0.1, -0.05) is 6.07 Å². The van der Waals surface area contributed by atoms with Crippen molar-refractivity contribution in [1.82, 2.24) is 9.88 Å². The maximum atomic E-state index is 12.5. The third kappa shape index (κ3) is 2.01. The summed E-state index contributed by atoms with van der Waals surface area (Å²) in [4.78, 5) is 29.8. The van der Waals surface area contributed by atoms with Crippen LogP contribution < -0.4 is 0 Å². The minimum absolute atomic E-state index is 0.00505. The lowest BCUT2D eigenvalue weighted by Gasteiger charge is -2.21. The van der Waals surface area contributed by atoms with Crippen molar-refractivity contribution in [3.63, 3.8) is 0 Å². The molecule has 0 saturated carbocycles. The molecule has 3 heterocycles. The molecular weight excluding hydrogens is 272 g/mol. The van der Waals surface area contributed by atoms with Gasteiger partial charge in [-0.2, -0.15) is 0 Å². The highest BCUT2D eigenvalue weighted by molar-refractivity contribution is 6.14. The Hall–Kier alpha value is -2.89. The van der Waals surface area contributed by atoms with Gasteiger partial charge < -0.3 is 14.4 Å². The Kier molecular flexibility index (Phi) is 3.06. The summed E-state index contributed by atoms with van der Waals surface area (Å²) in [7, 11) is 1.53. The molecule has 0 bridgehead atoms. The van der Waals surface area contributed by atoms with Crippen LogP contribution in [0.1, 0.15) is 22.2 Å². The molecule has 106 valence electrons. The van der Waals surface area contributed by atoms with E-state index in [-0.39, 0.29) is 11.3 Å². The number of likely N-dealkylation sites (N-methyl/N-ethyl adjacent to an activating group) is 1. The summed E-state index contributed by atoms with van der Waals surface area (Å²) in [5, 5.41) is 10.0. The van der Waals surface area contributed by atoms with E-state index in [9.17, 15) is 14.7 Å². The SMILES string of the molecule is CN1C(=O)C(O)=C(C(=O)c2ccco2)C1c1cccnc1. The summed E-state index contributed by atoms with van der Waals surface area (Å²) in [6.07, 6.45) is 4.52. The molecule has 0 radical (unpaired) electrons. The summed E-state index contributed by atoms with van der Waals surface area (Å²) in [6.45, 7) is 0. The highest BCUT2D eigenvalue weighted by Gasteiger charge is 2.42. The second-order valence-electron chi connectivity index (χ2n) is 4.67. The Bertz CT molecular complexity index is 719. The normalized spacial score (nSPS) is 18.4. The summed E-state index contributed by atoms with van der Waals surface area (Å²) >= 11 is 0. The number of carbonyl (C=O) groups excluding carboxylic acids is 2. The zero-order chi connectivity index (χ0) is 15.0. The minimum atomic E-state index is -0.677. The molecular formula is C15H12N2O4. The van der Waals surface area contributed by atoms with Gasteiger partial charge in [0.2, 0.25) is 5.78 Å². The molecule has 1 amide bonds. The van der Waals surface area contributed by atoms with Gasteiger partial charge in [-0.25, -0.2) is 0 Å². The number of amides is 1. The van der Waals surface area contributed by atoms with E-state index in [1.807, 2.05) is 0 Å². The van der Waals surface area contributed by atoms with Crippen molar-refractivity contribution in [3.8, 4) is 0 Å². The van der Waals surface area contributed by atoms with E-state index in [4.69, 9.17) is 4.42 Å². The number of hydrogen-bond acceptors (Lipinski definition) is 5. The van der Waals surface area contributed by atoms with Crippen LogP contribution in [0.15, 0.2) is 58.7 Å². The van der Waals surface area contributed by atoms with Crippen molar-refractivity contribution in [2.24, 2.45) is 0 Å². The van der Waals surface area contributed by atoms with Crippen molar-refractivity contribution >= 4 is 11.7 Å². The molecule has 0 saturated heterocycles. The number of hydrogen-bond donors (Lipinski definition) is 1. The van der Waals surface area contributed by atoms with E-state index in [0.717, 1.165) is 0 Å². The van der Waals surface area contributed by atoms with Gasteiger partial charge in [-0.3, -0.25) is 14.6 Å². The predicted molar refractivity (Wildman–Crippen MR) is 72.4 cm³/mol. The van der Waals surface area contributed by atoms with E-state index in [1.54, 1.807) is 30.6 Å². The van der Waals surface area contributed by atoms with Crippen molar-refractivity contribution < 1.29 is 19.1 Å². The van der Waals surface area contributed by atoms with Crippen LogP contribution in [0.5, 0.6) is 0 Å². The van der Waals surface area contributed by atoms with E-state index < -0.39 is 23.5 Å². The fourth-order valence-corrected chi connectivity index (χ4v) is 2.42. The van der Waals surface area contributed by atoms with E-state index >= 15 is 0 Å². The summed E-state index contributed by atoms with van der Waals surface area (Å²) in [6, 6.07) is 5.84. The van der Waals surface area contributed by atoms with Gasteiger partial charge in [-0.15, -0.1) is 0 Å². The monoisotopic (exact) mass is 284 g/mol. The second kappa shape index (κ2) is 4.90. The maximum Gasteiger partial charge on any atom is 0.289 e. The standard InChI is InChI=1S/C15H12N2O4/c1-17-12(9-4-2-6-16-8-9)11(14(19)15(17)20)13(18)10-5-3-7-21-10/h2-8,12,19H,1H3. The maximum absolute atomic E-state index is 12.5. The van der Waals surface area contributed by atoms with Gasteiger partial charge in [0.15, 0.2) is 11.5 Å². The largest absolute Gasteiger partial charge is 0.503 e. The van der Waals surface area contributed by atoms with Crippen LogP contribution in [0.2, 0.25) is 0 Å². The molecule has 2 aromatic heterocycles. The number of Topliss-reactive ketones (excluding diaryl/α,β-unsaturated/α-hetero) is 1. The average molecular weight is 284 g/mol. The van der Waals surface area contributed by atoms with Gasteiger partial charge in [0.05, 0.1) is 17.9 Å². The van der Waals surface area contributed by atoms with E-state index in [2.05, 4.69) is 4.98 Å². The lowest BCUT2D eigenvalue weighted by Crippen LogP contribution is -2.26. The first-order valence-electron chi connectivity index (χ1n) is 6.29. The van der Waals surface area contributed by atoms with Crippen molar-refractivity contribution in [1.29, 1.82) is 0 Å². The average Bonchev–Trinajstić information content (AvgIpc) is 3.11. The Labute approximate surface area is 120 Å². The van der Waals surface area contributed by atoms with Crippen LogP contribution in [-0.4, -0.2) is 33.7 Å². The molecule has 1 atom stereocenters. The van der Waals surface area contributed by atoms with Crippen molar-refractivity contribution in [2.75, 3.05) is 7.05 Å². The highest BCUT2D eigenvalue weighted by Crippen LogP contribution is 2.37. The molecule has 1 aliphatic rings. The number of furan rings is 1. The van der Waals surface area contributed by atoms with Crippen LogP contribution in [0, 0.1) is 0 Å². The molecule has 1 N–H and O–H groups in total. The number of pyridine rings is 1. The minimum Gasteiger partial charge on any atom is -0.503 e. The first kappa shape index (κ1) is 13.1. The number of aliphatic hydroxyl groups is 1. The highest BCUT2D eigenvalue weighted by atomic mass is 16.3. The molecule has 2 aromatic rings. The number of aliphatic hydroxyl groups excluding tert-OH is 1. The molecule has 0 aliphatic carbocycles. The van der Waals surface area contributed by atoms with E-state index in [0.29, 0.717) is 5.56 Å². The lowest BCUT2D eigenvalue weighted by molar-refractivity contribution is -0.128. The van der Waals surface area contributed by atoms with Gasteiger partial charge in [0, 0.05) is 19.4 Å². The fraction of sp³-hybridized carbons (Fsp3) is 0.133. The van der Waals surface area contributed by atoms with Gasteiger partial charge >= 0.3 is 0 Å². The van der Waals surface area contributed by atoms with Crippen LogP contribution in [0.4, 0.5) is 0 Å². The molecule has 6 heteroatoms.